The van der Waals surface area contributed by atoms with Gasteiger partial charge < -0.3 is 5.32 Å². The highest BCUT2D eigenvalue weighted by Crippen LogP contribution is 2.15. The molecular weight excluding hydrogens is 254 g/mol. The molecule has 20 heavy (non-hydrogen) atoms. The SMILES string of the molecule is Cc1cc(C)c(CNC(=O)c2ccc(=O)[nH]n2)cc1C. The quantitative estimate of drug-likeness (QED) is 0.891. The lowest BCUT2D eigenvalue weighted by Crippen LogP contribution is -2.25. The van der Waals surface area contributed by atoms with E-state index >= 15 is 0 Å². The summed E-state index contributed by atoms with van der Waals surface area (Å²) < 4.78 is 0. The average molecular weight is 271 g/mol. The summed E-state index contributed by atoms with van der Waals surface area (Å²) in [6.07, 6.45) is 0. The van der Waals surface area contributed by atoms with Crippen LogP contribution >= 0.6 is 0 Å². The maximum Gasteiger partial charge on any atom is 0.271 e. The smallest absolute Gasteiger partial charge is 0.271 e. The summed E-state index contributed by atoms with van der Waals surface area (Å²) in [6.45, 7) is 6.57. The molecule has 104 valence electrons. The Balaban J connectivity index is 2.09. The second kappa shape index (κ2) is 5.69. The molecule has 1 aromatic carbocycles. The zero-order valence-corrected chi connectivity index (χ0v) is 11.8. The third-order valence-electron chi connectivity index (χ3n) is 3.30. The van der Waals surface area contributed by atoms with E-state index < -0.39 is 0 Å². The molecule has 5 nitrogen and oxygen atoms in total. The number of amides is 1. The monoisotopic (exact) mass is 271 g/mol. The van der Waals surface area contributed by atoms with Crippen LogP contribution in [0.5, 0.6) is 0 Å². The first-order valence-corrected chi connectivity index (χ1v) is 6.38. The number of aromatic amines is 1. The number of aryl methyl sites for hydroxylation is 3. The minimum atomic E-state index is -0.327. The molecule has 0 aliphatic rings. The largest absolute Gasteiger partial charge is 0.347 e. The summed E-state index contributed by atoms with van der Waals surface area (Å²) in [6, 6.07) is 6.87. The maximum absolute atomic E-state index is 11.9. The normalized spacial score (nSPS) is 10.3. The van der Waals surface area contributed by atoms with E-state index in [1.54, 1.807) is 0 Å². The Bertz CT molecular complexity index is 684. The molecule has 0 spiro atoms. The Morgan fingerprint density at radius 3 is 2.50 bits per heavy atom. The molecular formula is C15H17N3O2. The molecule has 0 fully saturated rings. The molecule has 2 aromatic rings. The number of hydrogen-bond acceptors (Lipinski definition) is 3. The fraction of sp³-hybridized carbons (Fsp3) is 0.267. The van der Waals surface area contributed by atoms with Crippen LogP contribution < -0.4 is 10.9 Å². The molecule has 0 aliphatic heterocycles. The average Bonchev–Trinajstić information content (AvgIpc) is 2.42. The van der Waals surface area contributed by atoms with Crippen LogP contribution in [0.2, 0.25) is 0 Å². The van der Waals surface area contributed by atoms with E-state index in [-0.39, 0.29) is 17.2 Å². The highest BCUT2D eigenvalue weighted by Gasteiger charge is 2.08. The standard InChI is InChI=1S/C15H17N3O2/c1-9-6-11(3)12(7-10(9)2)8-16-15(20)13-4-5-14(19)18-17-13/h4-7H,8H2,1-3H3,(H,16,20)(H,18,19). The molecule has 2 rings (SSSR count). The summed E-state index contributed by atoms with van der Waals surface area (Å²) in [7, 11) is 0. The third kappa shape index (κ3) is 3.12. The number of rotatable bonds is 3. The number of H-pyrrole nitrogens is 1. The summed E-state index contributed by atoms with van der Waals surface area (Å²) in [4.78, 5) is 22.8. The molecule has 5 heteroatoms. The van der Waals surface area contributed by atoms with Crippen molar-refractivity contribution in [1.29, 1.82) is 0 Å². The maximum atomic E-state index is 11.9. The summed E-state index contributed by atoms with van der Waals surface area (Å²) in [5.41, 5.74) is 4.52. The molecule has 0 bridgehead atoms. The van der Waals surface area contributed by atoms with Gasteiger partial charge in [-0.15, -0.1) is 0 Å². The van der Waals surface area contributed by atoms with E-state index in [4.69, 9.17) is 0 Å². The lowest BCUT2D eigenvalue weighted by atomic mass is 10.0. The molecule has 0 atom stereocenters. The van der Waals surface area contributed by atoms with Gasteiger partial charge in [0.1, 0.15) is 5.69 Å². The summed E-state index contributed by atoms with van der Waals surface area (Å²) in [5.74, 6) is -0.307. The van der Waals surface area contributed by atoms with Gasteiger partial charge in [0.05, 0.1) is 0 Å². The zero-order valence-electron chi connectivity index (χ0n) is 11.8. The van der Waals surface area contributed by atoms with Crippen molar-refractivity contribution in [1.82, 2.24) is 15.5 Å². The van der Waals surface area contributed by atoms with Gasteiger partial charge in [0.2, 0.25) is 0 Å². The van der Waals surface area contributed by atoms with Gasteiger partial charge in [0.15, 0.2) is 0 Å². The van der Waals surface area contributed by atoms with Crippen LogP contribution in [0.3, 0.4) is 0 Å². The first-order chi connectivity index (χ1) is 9.47. The van der Waals surface area contributed by atoms with Gasteiger partial charge in [-0.3, -0.25) is 9.59 Å². The first-order valence-electron chi connectivity index (χ1n) is 6.38. The lowest BCUT2D eigenvalue weighted by Gasteiger charge is -2.10. The van der Waals surface area contributed by atoms with E-state index in [1.807, 2.05) is 13.8 Å². The van der Waals surface area contributed by atoms with Gasteiger partial charge in [-0.2, -0.15) is 5.10 Å². The molecule has 1 heterocycles. The van der Waals surface area contributed by atoms with Crippen LogP contribution in [0, 0.1) is 20.8 Å². The molecule has 0 saturated carbocycles. The number of carbonyl (C=O) groups excluding carboxylic acids is 1. The number of hydrogen-bond donors (Lipinski definition) is 2. The number of carbonyl (C=O) groups is 1. The Morgan fingerprint density at radius 1 is 1.15 bits per heavy atom. The minimum Gasteiger partial charge on any atom is -0.347 e. The van der Waals surface area contributed by atoms with Gasteiger partial charge >= 0.3 is 0 Å². The van der Waals surface area contributed by atoms with Crippen LogP contribution in [-0.2, 0) is 6.54 Å². The van der Waals surface area contributed by atoms with Crippen molar-refractivity contribution < 1.29 is 4.79 Å². The van der Waals surface area contributed by atoms with Crippen molar-refractivity contribution >= 4 is 5.91 Å². The third-order valence-corrected chi connectivity index (χ3v) is 3.30. The topological polar surface area (TPSA) is 74.8 Å². The zero-order chi connectivity index (χ0) is 14.7. The number of aromatic nitrogens is 2. The summed E-state index contributed by atoms with van der Waals surface area (Å²) >= 11 is 0. The Morgan fingerprint density at radius 2 is 1.85 bits per heavy atom. The lowest BCUT2D eigenvalue weighted by molar-refractivity contribution is 0.0944. The highest BCUT2D eigenvalue weighted by molar-refractivity contribution is 5.91. The van der Waals surface area contributed by atoms with Crippen molar-refractivity contribution in [2.45, 2.75) is 27.3 Å². The number of nitrogens with one attached hydrogen (secondary N) is 2. The van der Waals surface area contributed by atoms with E-state index in [9.17, 15) is 9.59 Å². The van der Waals surface area contributed by atoms with Crippen LogP contribution in [0.1, 0.15) is 32.7 Å². The first kappa shape index (κ1) is 14.0. The van der Waals surface area contributed by atoms with Crippen LogP contribution in [0.15, 0.2) is 29.1 Å². The van der Waals surface area contributed by atoms with Gasteiger partial charge in [0.25, 0.3) is 11.5 Å². The van der Waals surface area contributed by atoms with E-state index in [0.29, 0.717) is 6.54 Å². The Kier molecular flexibility index (Phi) is 3.98. The van der Waals surface area contributed by atoms with Gasteiger partial charge in [-0.1, -0.05) is 12.1 Å². The van der Waals surface area contributed by atoms with Crippen molar-refractivity contribution in [3.63, 3.8) is 0 Å². The molecule has 1 aromatic heterocycles. The Hall–Kier alpha value is -2.43. The fourth-order valence-electron chi connectivity index (χ4n) is 1.95. The number of nitrogens with zero attached hydrogens (tertiary/aromatic N) is 1. The molecule has 1 amide bonds. The van der Waals surface area contributed by atoms with Crippen LogP contribution in [0.4, 0.5) is 0 Å². The minimum absolute atomic E-state index is 0.200. The molecule has 0 unspecified atom stereocenters. The van der Waals surface area contributed by atoms with Gasteiger partial charge in [0, 0.05) is 12.6 Å². The number of benzene rings is 1. The van der Waals surface area contributed by atoms with E-state index in [0.717, 1.165) is 11.1 Å². The predicted octanol–water partition coefficient (Wildman–Crippen LogP) is 1.63. The second-order valence-electron chi connectivity index (χ2n) is 4.85. The van der Waals surface area contributed by atoms with Gasteiger partial charge in [-0.05, 0) is 49.1 Å². The molecule has 0 saturated heterocycles. The van der Waals surface area contributed by atoms with Crippen LogP contribution in [0.25, 0.3) is 0 Å². The second-order valence-corrected chi connectivity index (χ2v) is 4.85. The van der Waals surface area contributed by atoms with Crippen LogP contribution in [-0.4, -0.2) is 16.1 Å². The van der Waals surface area contributed by atoms with Crippen molar-refractivity contribution in [3.05, 3.63) is 62.6 Å². The van der Waals surface area contributed by atoms with E-state index in [1.165, 1.54) is 23.3 Å². The van der Waals surface area contributed by atoms with Crippen molar-refractivity contribution in [2.75, 3.05) is 0 Å². The summed E-state index contributed by atoms with van der Waals surface area (Å²) in [5, 5.41) is 8.73. The van der Waals surface area contributed by atoms with Crippen molar-refractivity contribution in [2.24, 2.45) is 0 Å². The predicted molar refractivity (Wildman–Crippen MR) is 76.7 cm³/mol. The molecule has 2 N–H and O–H groups in total. The van der Waals surface area contributed by atoms with E-state index in [2.05, 4.69) is 34.6 Å². The van der Waals surface area contributed by atoms with Gasteiger partial charge in [-0.25, -0.2) is 5.10 Å². The molecule has 0 aliphatic carbocycles. The highest BCUT2D eigenvalue weighted by atomic mass is 16.2. The Labute approximate surface area is 117 Å². The van der Waals surface area contributed by atoms with Crippen molar-refractivity contribution in [3.8, 4) is 0 Å². The molecule has 0 radical (unpaired) electrons. The fourth-order valence-corrected chi connectivity index (χ4v) is 1.95.